The van der Waals surface area contributed by atoms with Crippen molar-refractivity contribution in [2.24, 2.45) is 0 Å². The molecule has 2 aromatic rings. The lowest BCUT2D eigenvalue weighted by Gasteiger charge is -1.99. The van der Waals surface area contributed by atoms with Gasteiger partial charge < -0.3 is 0 Å². The molecule has 76 valence electrons. The number of nitrogens with zero attached hydrogens (tertiary/aromatic N) is 4. The third-order valence-electron chi connectivity index (χ3n) is 1.79. The molecule has 0 aromatic carbocycles. The standard InChI is InChI=1S/C9H7BrN4O/c10-7-1-2-8(11-3-7)4-14-5-9(6-15)12-13-14/h1-3,5-6H,4H2. The lowest BCUT2D eigenvalue weighted by atomic mass is 10.3. The van der Waals surface area contributed by atoms with Crippen LogP contribution in [0.3, 0.4) is 0 Å². The van der Waals surface area contributed by atoms with Gasteiger partial charge in [0, 0.05) is 10.7 Å². The third-order valence-corrected chi connectivity index (χ3v) is 2.26. The molecule has 6 heteroatoms. The molecule has 0 amide bonds. The van der Waals surface area contributed by atoms with Gasteiger partial charge in [-0.3, -0.25) is 9.78 Å². The predicted molar refractivity (Wildman–Crippen MR) is 56.4 cm³/mol. The fourth-order valence-corrected chi connectivity index (χ4v) is 1.35. The van der Waals surface area contributed by atoms with Crippen LogP contribution in [-0.4, -0.2) is 26.3 Å². The van der Waals surface area contributed by atoms with Crippen LogP contribution in [0.5, 0.6) is 0 Å². The Labute approximate surface area is 94.3 Å². The lowest BCUT2D eigenvalue weighted by Crippen LogP contribution is -2.02. The summed E-state index contributed by atoms with van der Waals surface area (Å²) < 4.78 is 2.50. The van der Waals surface area contributed by atoms with E-state index in [0.29, 0.717) is 18.5 Å². The van der Waals surface area contributed by atoms with Crippen LogP contribution in [0.25, 0.3) is 0 Å². The smallest absolute Gasteiger partial charge is 0.171 e. The Morgan fingerprint density at radius 3 is 2.93 bits per heavy atom. The molecule has 0 spiro atoms. The van der Waals surface area contributed by atoms with Crippen molar-refractivity contribution in [3.63, 3.8) is 0 Å². The highest BCUT2D eigenvalue weighted by molar-refractivity contribution is 9.10. The van der Waals surface area contributed by atoms with E-state index < -0.39 is 0 Å². The number of hydrogen-bond donors (Lipinski definition) is 0. The Balaban J connectivity index is 2.14. The summed E-state index contributed by atoms with van der Waals surface area (Å²) in [7, 11) is 0. The second kappa shape index (κ2) is 4.31. The number of halogens is 1. The Morgan fingerprint density at radius 2 is 2.33 bits per heavy atom. The molecular formula is C9H7BrN4O. The van der Waals surface area contributed by atoms with E-state index in [1.165, 1.54) is 0 Å². The van der Waals surface area contributed by atoms with Crippen LogP contribution in [0.1, 0.15) is 16.2 Å². The summed E-state index contributed by atoms with van der Waals surface area (Å²) in [5.74, 6) is 0. The van der Waals surface area contributed by atoms with Crippen molar-refractivity contribution in [1.82, 2.24) is 20.0 Å². The number of carbonyl (C=O) groups is 1. The summed E-state index contributed by atoms with van der Waals surface area (Å²) in [5.41, 5.74) is 1.19. The molecule has 0 N–H and O–H groups in total. The van der Waals surface area contributed by atoms with E-state index in [2.05, 4.69) is 31.2 Å². The Bertz CT molecular complexity index is 465. The SMILES string of the molecule is O=Cc1cn(Cc2ccc(Br)cn2)nn1. The molecule has 0 radical (unpaired) electrons. The molecule has 15 heavy (non-hydrogen) atoms. The Morgan fingerprint density at radius 1 is 1.47 bits per heavy atom. The van der Waals surface area contributed by atoms with Crippen molar-refractivity contribution in [1.29, 1.82) is 0 Å². The van der Waals surface area contributed by atoms with Gasteiger partial charge in [0.15, 0.2) is 6.29 Å². The van der Waals surface area contributed by atoms with Crippen LogP contribution in [0.4, 0.5) is 0 Å². The van der Waals surface area contributed by atoms with Crippen molar-refractivity contribution < 1.29 is 4.79 Å². The first kappa shape index (κ1) is 9.97. The van der Waals surface area contributed by atoms with Crippen molar-refractivity contribution in [3.8, 4) is 0 Å². The quantitative estimate of drug-likeness (QED) is 0.786. The van der Waals surface area contributed by atoms with Gasteiger partial charge in [0.25, 0.3) is 0 Å². The van der Waals surface area contributed by atoms with E-state index in [9.17, 15) is 4.79 Å². The van der Waals surface area contributed by atoms with Crippen molar-refractivity contribution in [3.05, 3.63) is 40.4 Å². The zero-order valence-electron chi connectivity index (χ0n) is 7.67. The van der Waals surface area contributed by atoms with Gasteiger partial charge in [-0.15, -0.1) is 5.10 Å². The van der Waals surface area contributed by atoms with Crippen LogP contribution in [-0.2, 0) is 6.54 Å². The molecule has 5 nitrogen and oxygen atoms in total. The van der Waals surface area contributed by atoms with Crippen LogP contribution < -0.4 is 0 Å². The maximum atomic E-state index is 10.4. The molecule has 0 bridgehead atoms. The molecule has 0 atom stereocenters. The summed E-state index contributed by atoms with van der Waals surface area (Å²) >= 11 is 3.30. The molecule has 0 fully saturated rings. The van der Waals surface area contributed by atoms with Crippen LogP contribution in [0.15, 0.2) is 29.0 Å². The van der Waals surface area contributed by atoms with Crippen LogP contribution in [0.2, 0.25) is 0 Å². The van der Waals surface area contributed by atoms with Crippen molar-refractivity contribution >= 4 is 22.2 Å². The molecular weight excluding hydrogens is 260 g/mol. The highest BCUT2D eigenvalue weighted by Crippen LogP contribution is 2.08. The molecule has 2 rings (SSSR count). The Hall–Kier alpha value is -1.56. The zero-order valence-corrected chi connectivity index (χ0v) is 9.25. The number of carbonyl (C=O) groups excluding carboxylic acids is 1. The normalized spacial score (nSPS) is 10.2. The number of aldehydes is 1. The molecule has 2 aromatic heterocycles. The lowest BCUT2D eigenvalue weighted by molar-refractivity contribution is 0.111. The first-order valence-corrected chi connectivity index (χ1v) is 5.03. The molecule has 2 heterocycles. The Kier molecular flexibility index (Phi) is 2.86. The molecule has 0 aliphatic heterocycles. The van der Waals surface area contributed by atoms with Gasteiger partial charge in [0.2, 0.25) is 0 Å². The first-order chi connectivity index (χ1) is 7.28. The summed E-state index contributed by atoms with van der Waals surface area (Å²) in [5, 5.41) is 7.44. The molecule has 0 saturated carbocycles. The first-order valence-electron chi connectivity index (χ1n) is 4.23. The third kappa shape index (κ3) is 2.47. The van der Waals surface area contributed by atoms with E-state index >= 15 is 0 Å². The van der Waals surface area contributed by atoms with E-state index in [-0.39, 0.29) is 0 Å². The maximum absolute atomic E-state index is 10.4. The second-order valence-electron chi connectivity index (χ2n) is 2.93. The summed E-state index contributed by atoms with van der Waals surface area (Å²) in [4.78, 5) is 14.6. The average molecular weight is 267 g/mol. The molecule has 0 unspecified atom stereocenters. The maximum Gasteiger partial charge on any atom is 0.171 e. The van der Waals surface area contributed by atoms with Gasteiger partial charge in [-0.05, 0) is 28.1 Å². The fourth-order valence-electron chi connectivity index (χ4n) is 1.11. The average Bonchev–Trinajstić information content (AvgIpc) is 2.69. The van der Waals surface area contributed by atoms with E-state index in [1.807, 2.05) is 12.1 Å². The minimum absolute atomic E-state index is 0.326. The number of rotatable bonds is 3. The number of aromatic nitrogens is 4. The van der Waals surface area contributed by atoms with Gasteiger partial charge in [-0.25, -0.2) is 4.68 Å². The predicted octanol–water partition coefficient (Wildman–Crippen LogP) is 1.30. The summed E-state index contributed by atoms with van der Waals surface area (Å²) in [6.45, 7) is 0.508. The van der Waals surface area contributed by atoms with Gasteiger partial charge in [0.1, 0.15) is 5.69 Å². The van der Waals surface area contributed by atoms with Crippen molar-refractivity contribution in [2.75, 3.05) is 0 Å². The summed E-state index contributed by atoms with van der Waals surface area (Å²) in [6.07, 6.45) is 3.96. The second-order valence-corrected chi connectivity index (χ2v) is 3.84. The zero-order chi connectivity index (χ0) is 10.7. The minimum Gasteiger partial charge on any atom is -0.296 e. The highest BCUT2D eigenvalue weighted by Gasteiger charge is 2.00. The number of hydrogen-bond acceptors (Lipinski definition) is 4. The van der Waals surface area contributed by atoms with E-state index in [0.717, 1.165) is 10.2 Å². The monoisotopic (exact) mass is 266 g/mol. The van der Waals surface area contributed by atoms with Gasteiger partial charge in [-0.1, -0.05) is 5.21 Å². The minimum atomic E-state index is 0.326. The molecule has 0 aliphatic carbocycles. The van der Waals surface area contributed by atoms with Gasteiger partial charge in [0.05, 0.1) is 18.4 Å². The number of pyridine rings is 1. The molecule has 0 aliphatic rings. The van der Waals surface area contributed by atoms with E-state index in [4.69, 9.17) is 0 Å². The highest BCUT2D eigenvalue weighted by atomic mass is 79.9. The van der Waals surface area contributed by atoms with Gasteiger partial charge >= 0.3 is 0 Å². The fraction of sp³-hybridized carbons (Fsp3) is 0.111. The topological polar surface area (TPSA) is 60.7 Å². The van der Waals surface area contributed by atoms with Crippen LogP contribution >= 0.6 is 15.9 Å². The molecule has 0 saturated heterocycles. The van der Waals surface area contributed by atoms with Crippen molar-refractivity contribution in [2.45, 2.75) is 6.54 Å². The van der Waals surface area contributed by atoms with Gasteiger partial charge in [-0.2, -0.15) is 0 Å². The largest absolute Gasteiger partial charge is 0.296 e. The van der Waals surface area contributed by atoms with E-state index in [1.54, 1.807) is 17.1 Å². The van der Waals surface area contributed by atoms with Crippen LogP contribution in [0, 0.1) is 0 Å². The summed E-state index contributed by atoms with van der Waals surface area (Å²) in [6, 6.07) is 3.78.